The molecule has 3 atom stereocenters. The first-order valence-electron chi connectivity index (χ1n) is 23.2. The van der Waals surface area contributed by atoms with Gasteiger partial charge in [0.25, 0.3) is 7.82 Å². The molecule has 0 aromatic carbocycles. The maximum atomic E-state index is 12.7. The fourth-order valence-corrected chi connectivity index (χ4v) is 7.27. The lowest BCUT2D eigenvalue weighted by Gasteiger charge is -2.28. The van der Waals surface area contributed by atoms with Crippen molar-refractivity contribution >= 4 is 19.8 Å². The number of phosphoric acid groups is 1. The molecule has 0 bridgehead atoms. The van der Waals surface area contributed by atoms with Crippen molar-refractivity contribution in [3.05, 3.63) is 59.1 Å². The summed E-state index contributed by atoms with van der Waals surface area (Å²) in [5.41, 5.74) is 2.65. The minimum atomic E-state index is -4.66. The maximum Gasteiger partial charge on any atom is 0.306 e. The Morgan fingerprint density at radius 1 is 0.733 bits per heavy atom. The van der Waals surface area contributed by atoms with Gasteiger partial charge >= 0.3 is 11.9 Å². The molecule has 0 saturated heterocycles. The van der Waals surface area contributed by atoms with Gasteiger partial charge in [0.15, 0.2) is 6.10 Å². The predicted molar refractivity (Wildman–Crippen MR) is 241 cm³/mol. The van der Waals surface area contributed by atoms with Crippen molar-refractivity contribution in [2.75, 3.05) is 47.5 Å². The standard InChI is InChI=1S/C48H84NO10P/c1-8-10-12-13-16-20-26-31-43(50)32-27-21-19-24-30-36-48(52)58-44(40-57-60(53,54)56-38-37-49(5,6)7)39-55-47(51)35-29-23-18-15-14-17-22-28-34-46-42(4)41(3)45(59-46)33-25-11-9-2/h10,12,16,20,26,31,43-44,50H,8-9,11,13-15,17-19,21-25,27-30,32-40H2,1-7H3/b12-10+,20-16+,31-26+/t43?,44-/m1/s1. The number of carbonyl (C=O) groups excluding carboxylic acids is 2. The SMILES string of the molecule is CC/C=C/C/C=C/C=C/C(O)CCCCCCCC(=O)O[C@H](COC(=O)CCCCCCCCCCc1oc(CCCCC)c(C)c1C)COP(=O)([O-])OCC[N+](C)(C)C. The molecule has 0 aliphatic rings. The van der Waals surface area contributed by atoms with Crippen LogP contribution in [0, 0.1) is 13.8 Å². The number of aliphatic hydroxyl groups is 1. The van der Waals surface area contributed by atoms with E-state index in [0.29, 0.717) is 30.3 Å². The number of quaternary nitrogens is 1. The molecule has 1 rings (SSSR count). The number of carbonyl (C=O) groups is 2. The number of furan rings is 1. The van der Waals surface area contributed by atoms with Crippen molar-refractivity contribution in [2.45, 2.75) is 188 Å². The maximum absolute atomic E-state index is 12.7. The van der Waals surface area contributed by atoms with E-state index < -0.39 is 38.6 Å². The van der Waals surface area contributed by atoms with Gasteiger partial charge in [0, 0.05) is 25.7 Å². The van der Waals surface area contributed by atoms with E-state index >= 15 is 0 Å². The molecule has 0 saturated carbocycles. The van der Waals surface area contributed by atoms with Crippen LogP contribution >= 0.6 is 7.82 Å². The number of likely N-dealkylation sites (N-methyl/N-ethyl adjacent to an activating group) is 1. The van der Waals surface area contributed by atoms with Crippen molar-refractivity contribution in [1.82, 2.24) is 0 Å². The zero-order chi connectivity index (χ0) is 44.5. The fraction of sp³-hybridized carbons (Fsp3) is 0.750. The van der Waals surface area contributed by atoms with Crippen LogP contribution in [-0.4, -0.2) is 81.2 Å². The Morgan fingerprint density at radius 2 is 1.30 bits per heavy atom. The number of esters is 2. The molecule has 0 amide bonds. The summed E-state index contributed by atoms with van der Waals surface area (Å²) in [7, 11) is 1.08. The first-order chi connectivity index (χ1) is 28.7. The largest absolute Gasteiger partial charge is 0.756 e. The van der Waals surface area contributed by atoms with E-state index in [4.69, 9.17) is 22.9 Å². The Kier molecular flexibility index (Phi) is 31.5. The van der Waals surface area contributed by atoms with Crippen molar-refractivity contribution in [3.8, 4) is 0 Å². The number of rotatable bonds is 38. The molecule has 60 heavy (non-hydrogen) atoms. The third-order valence-corrected chi connectivity index (χ3v) is 11.4. The average Bonchev–Trinajstić information content (AvgIpc) is 3.46. The van der Waals surface area contributed by atoms with Crippen molar-refractivity contribution in [3.63, 3.8) is 0 Å². The fourth-order valence-electron chi connectivity index (χ4n) is 6.55. The Hall–Kier alpha value is -2.53. The highest BCUT2D eigenvalue weighted by atomic mass is 31.2. The molecule has 11 nitrogen and oxygen atoms in total. The van der Waals surface area contributed by atoms with E-state index in [2.05, 4.69) is 45.9 Å². The van der Waals surface area contributed by atoms with Crippen LogP contribution in [0.3, 0.4) is 0 Å². The van der Waals surface area contributed by atoms with Gasteiger partial charge in [-0.25, -0.2) is 0 Å². The zero-order valence-electron chi connectivity index (χ0n) is 38.7. The summed E-state index contributed by atoms with van der Waals surface area (Å²) in [6, 6.07) is 0. The van der Waals surface area contributed by atoms with Crippen LogP contribution in [0.4, 0.5) is 0 Å². The molecule has 1 N–H and O–H groups in total. The van der Waals surface area contributed by atoms with E-state index in [0.717, 1.165) is 89.2 Å². The number of ether oxygens (including phenoxy) is 2. The Balaban J connectivity index is 2.37. The summed E-state index contributed by atoms with van der Waals surface area (Å²) < 4.78 is 40.1. The van der Waals surface area contributed by atoms with Crippen LogP contribution in [0.15, 0.2) is 40.9 Å². The van der Waals surface area contributed by atoms with Crippen LogP contribution in [0.1, 0.15) is 171 Å². The molecule has 1 aromatic heterocycles. The molecule has 12 heteroatoms. The molecule has 0 spiro atoms. The molecule has 0 fully saturated rings. The van der Waals surface area contributed by atoms with Crippen LogP contribution in [-0.2, 0) is 45.5 Å². The molecule has 2 unspecified atom stereocenters. The number of hydrogen-bond donors (Lipinski definition) is 1. The van der Waals surface area contributed by atoms with E-state index in [9.17, 15) is 24.2 Å². The van der Waals surface area contributed by atoms with Crippen molar-refractivity contribution in [1.29, 1.82) is 0 Å². The van der Waals surface area contributed by atoms with Gasteiger partial charge in [-0.1, -0.05) is 127 Å². The number of aliphatic hydroxyl groups excluding tert-OH is 1. The van der Waals surface area contributed by atoms with Crippen LogP contribution in [0.2, 0.25) is 0 Å². The molecule has 0 aliphatic carbocycles. The second-order valence-corrected chi connectivity index (χ2v) is 18.6. The third kappa shape index (κ3) is 30.5. The van der Waals surface area contributed by atoms with Crippen LogP contribution in [0.25, 0.3) is 0 Å². The highest BCUT2D eigenvalue weighted by molar-refractivity contribution is 7.45. The predicted octanol–water partition coefficient (Wildman–Crippen LogP) is 10.9. The summed E-state index contributed by atoms with van der Waals surface area (Å²) in [6.07, 6.45) is 31.6. The summed E-state index contributed by atoms with van der Waals surface area (Å²) >= 11 is 0. The second kappa shape index (κ2) is 34.0. The first kappa shape index (κ1) is 55.5. The lowest BCUT2D eigenvalue weighted by atomic mass is 10.0. The monoisotopic (exact) mass is 866 g/mol. The molecule has 1 heterocycles. The van der Waals surface area contributed by atoms with Crippen molar-refractivity contribution in [2.24, 2.45) is 0 Å². The summed E-state index contributed by atoms with van der Waals surface area (Å²) in [6.45, 7) is 8.28. The second-order valence-electron chi connectivity index (χ2n) is 17.2. The Morgan fingerprint density at radius 3 is 1.90 bits per heavy atom. The van der Waals surface area contributed by atoms with Crippen LogP contribution < -0.4 is 4.89 Å². The molecular weight excluding hydrogens is 781 g/mol. The molecule has 0 aliphatic heterocycles. The van der Waals surface area contributed by atoms with Gasteiger partial charge in [0.1, 0.15) is 31.3 Å². The van der Waals surface area contributed by atoms with Gasteiger partial charge in [0.2, 0.25) is 0 Å². The topological polar surface area (TPSA) is 145 Å². The third-order valence-electron chi connectivity index (χ3n) is 10.5. The first-order valence-corrected chi connectivity index (χ1v) is 24.6. The quantitative estimate of drug-likeness (QED) is 0.0170. The van der Waals surface area contributed by atoms with E-state index in [1.54, 1.807) is 6.08 Å². The molecule has 346 valence electrons. The molecule has 1 aromatic rings. The number of hydrogen-bond acceptors (Lipinski definition) is 10. The summed E-state index contributed by atoms with van der Waals surface area (Å²) in [4.78, 5) is 37.7. The minimum absolute atomic E-state index is 0.0564. The minimum Gasteiger partial charge on any atom is -0.756 e. The van der Waals surface area contributed by atoms with E-state index in [1.165, 1.54) is 49.0 Å². The number of nitrogens with zero attached hydrogens (tertiary/aromatic N) is 1. The van der Waals surface area contributed by atoms with Crippen LogP contribution in [0.5, 0.6) is 0 Å². The average molecular weight is 866 g/mol. The normalized spacial score (nSPS) is 14.3. The highest BCUT2D eigenvalue weighted by Crippen LogP contribution is 2.38. The Bertz CT molecular complexity index is 1410. The molecular formula is C48H84NO10P. The van der Waals surface area contributed by atoms with Gasteiger partial charge < -0.3 is 37.4 Å². The lowest BCUT2D eigenvalue weighted by molar-refractivity contribution is -0.870. The number of unbranched alkanes of at least 4 members (excludes halogenated alkanes) is 13. The van der Waals surface area contributed by atoms with E-state index in [-0.39, 0.29) is 26.1 Å². The van der Waals surface area contributed by atoms with Gasteiger partial charge in [-0.3, -0.25) is 14.2 Å². The van der Waals surface area contributed by atoms with Gasteiger partial charge in [0.05, 0.1) is 33.9 Å². The summed E-state index contributed by atoms with van der Waals surface area (Å²) in [5, 5.41) is 10.2. The molecule has 0 radical (unpaired) electrons. The zero-order valence-corrected chi connectivity index (χ0v) is 39.6. The van der Waals surface area contributed by atoms with Gasteiger partial charge in [-0.15, -0.1) is 0 Å². The van der Waals surface area contributed by atoms with Crippen molar-refractivity contribution < 1.29 is 51.6 Å². The number of aryl methyl sites for hydroxylation is 2. The number of phosphoric ester groups is 1. The Labute approximate surface area is 364 Å². The van der Waals surface area contributed by atoms with E-state index in [1.807, 2.05) is 33.3 Å². The van der Waals surface area contributed by atoms with Gasteiger partial charge in [-0.2, -0.15) is 0 Å². The summed E-state index contributed by atoms with van der Waals surface area (Å²) in [5.74, 6) is 1.39. The highest BCUT2D eigenvalue weighted by Gasteiger charge is 2.22. The number of allylic oxidation sites excluding steroid dienone is 5. The van der Waals surface area contributed by atoms with Gasteiger partial charge in [-0.05, 0) is 69.9 Å². The smallest absolute Gasteiger partial charge is 0.306 e. The lowest BCUT2D eigenvalue weighted by Crippen LogP contribution is -2.37.